The molecule has 5 heteroatoms. The van der Waals surface area contributed by atoms with Gasteiger partial charge in [0, 0.05) is 16.8 Å². The summed E-state index contributed by atoms with van der Waals surface area (Å²) in [7, 11) is 0. The molecule has 3 N–H and O–H groups in total. The first kappa shape index (κ1) is 17.4. The molecular weight excluding hydrogens is 330 g/mol. The van der Waals surface area contributed by atoms with Crippen LogP contribution in [0.15, 0.2) is 30.3 Å². The summed E-state index contributed by atoms with van der Waals surface area (Å²) in [5.41, 5.74) is 10.9. The normalized spacial score (nSPS) is 11.0. The number of nitrogen functional groups attached to an aromatic ring is 1. The molecular formula is C20H23N3OS. The third-order valence-corrected chi connectivity index (χ3v) is 5.52. The average Bonchev–Trinajstić information content (AvgIpc) is 2.93. The highest BCUT2D eigenvalue weighted by Gasteiger charge is 2.18. The van der Waals surface area contributed by atoms with Crippen molar-refractivity contribution in [1.29, 1.82) is 0 Å². The third-order valence-electron chi connectivity index (χ3n) is 4.41. The largest absolute Gasteiger partial charge is 0.397 e. The van der Waals surface area contributed by atoms with Crippen molar-refractivity contribution in [3.05, 3.63) is 52.0 Å². The van der Waals surface area contributed by atoms with Crippen molar-refractivity contribution in [2.24, 2.45) is 0 Å². The Bertz CT molecular complexity index is 930. The summed E-state index contributed by atoms with van der Waals surface area (Å²) in [6, 6.07) is 9.86. The maximum absolute atomic E-state index is 12.6. The molecule has 3 rings (SSSR count). The van der Waals surface area contributed by atoms with Crippen LogP contribution in [0.4, 0.5) is 11.4 Å². The van der Waals surface area contributed by atoms with Gasteiger partial charge in [0.05, 0.1) is 5.69 Å². The molecule has 2 aromatic heterocycles. The van der Waals surface area contributed by atoms with E-state index in [2.05, 4.69) is 17.2 Å². The molecule has 0 unspecified atom stereocenters. The van der Waals surface area contributed by atoms with Gasteiger partial charge in [-0.15, -0.1) is 11.3 Å². The first-order chi connectivity index (χ1) is 12.0. The number of nitrogens with one attached hydrogen (secondary N) is 1. The zero-order valence-electron chi connectivity index (χ0n) is 14.8. The summed E-state index contributed by atoms with van der Waals surface area (Å²) in [5, 5.41) is 3.80. The van der Waals surface area contributed by atoms with E-state index >= 15 is 0 Å². The molecule has 0 aliphatic rings. The summed E-state index contributed by atoms with van der Waals surface area (Å²) in [6.07, 6.45) is 3.20. The van der Waals surface area contributed by atoms with Gasteiger partial charge in [-0.3, -0.25) is 4.79 Å². The van der Waals surface area contributed by atoms with Crippen molar-refractivity contribution in [2.45, 2.75) is 40.0 Å². The maximum Gasteiger partial charge on any atom is 0.267 e. The second kappa shape index (κ2) is 7.23. The highest BCUT2D eigenvalue weighted by molar-refractivity contribution is 7.21. The molecule has 0 bridgehead atoms. The van der Waals surface area contributed by atoms with Crippen LogP contribution in [0.5, 0.6) is 0 Å². The van der Waals surface area contributed by atoms with E-state index in [0.717, 1.165) is 46.4 Å². The molecule has 1 aromatic carbocycles. The summed E-state index contributed by atoms with van der Waals surface area (Å²) >= 11 is 1.36. The standard InChI is InChI=1S/C20H23N3OS/c1-4-5-6-14-9-10-16-17(21)18(25-20(16)23-14)19(24)22-15-8-7-12(2)13(3)11-15/h7-11H,4-6,21H2,1-3H3,(H,22,24). The van der Waals surface area contributed by atoms with Crippen molar-refractivity contribution in [1.82, 2.24) is 4.98 Å². The minimum absolute atomic E-state index is 0.182. The van der Waals surface area contributed by atoms with Gasteiger partial charge in [0.15, 0.2) is 0 Å². The predicted molar refractivity (Wildman–Crippen MR) is 107 cm³/mol. The van der Waals surface area contributed by atoms with E-state index < -0.39 is 0 Å². The number of aromatic nitrogens is 1. The molecule has 0 aliphatic carbocycles. The molecule has 130 valence electrons. The van der Waals surface area contributed by atoms with Crippen molar-refractivity contribution >= 4 is 38.8 Å². The van der Waals surface area contributed by atoms with Gasteiger partial charge in [-0.1, -0.05) is 19.4 Å². The Balaban J connectivity index is 1.87. The van der Waals surface area contributed by atoms with E-state index in [4.69, 9.17) is 5.73 Å². The Kier molecular flexibility index (Phi) is 5.04. The van der Waals surface area contributed by atoms with Crippen LogP contribution in [-0.4, -0.2) is 10.9 Å². The summed E-state index contributed by atoms with van der Waals surface area (Å²) in [6.45, 7) is 6.24. The molecule has 0 aliphatic heterocycles. The van der Waals surface area contributed by atoms with Gasteiger partial charge in [-0.2, -0.15) is 0 Å². The van der Waals surface area contributed by atoms with E-state index in [1.54, 1.807) is 0 Å². The van der Waals surface area contributed by atoms with Crippen LogP contribution in [0.3, 0.4) is 0 Å². The minimum atomic E-state index is -0.182. The van der Waals surface area contributed by atoms with E-state index in [-0.39, 0.29) is 5.91 Å². The zero-order valence-corrected chi connectivity index (χ0v) is 15.7. The monoisotopic (exact) mass is 353 g/mol. The number of fused-ring (bicyclic) bond motifs is 1. The van der Waals surface area contributed by atoms with Gasteiger partial charge >= 0.3 is 0 Å². The van der Waals surface area contributed by atoms with Gasteiger partial charge in [0.1, 0.15) is 9.71 Å². The highest BCUT2D eigenvalue weighted by Crippen LogP contribution is 2.33. The van der Waals surface area contributed by atoms with Gasteiger partial charge in [-0.25, -0.2) is 4.98 Å². The van der Waals surface area contributed by atoms with Crippen LogP contribution in [0.25, 0.3) is 10.2 Å². The van der Waals surface area contributed by atoms with Crippen LogP contribution >= 0.6 is 11.3 Å². The van der Waals surface area contributed by atoms with E-state index in [1.807, 2.05) is 44.2 Å². The lowest BCUT2D eigenvalue weighted by Gasteiger charge is -2.07. The highest BCUT2D eigenvalue weighted by atomic mass is 32.1. The third kappa shape index (κ3) is 3.66. The molecule has 25 heavy (non-hydrogen) atoms. The first-order valence-corrected chi connectivity index (χ1v) is 9.37. The van der Waals surface area contributed by atoms with Gasteiger partial charge < -0.3 is 11.1 Å². The molecule has 1 amide bonds. The van der Waals surface area contributed by atoms with E-state index in [9.17, 15) is 4.79 Å². The fourth-order valence-corrected chi connectivity index (χ4v) is 3.72. The molecule has 0 saturated carbocycles. The number of carbonyl (C=O) groups is 1. The number of hydrogen-bond acceptors (Lipinski definition) is 4. The van der Waals surface area contributed by atoms with Crippen LogP contribution in [0.1, 0.15) is 46.3 Å². The molecule has 0 saturated heterocycles. The zero-order chi connectivity index (χ0) is 18.0. The molecule has 0 fully saturated rings. The number of nitrogens with zero attached hydrogens (tertiary/aromatic N) is 1. The average molecular weight is 353 g/mol. The summed E-state index contributed by atoms with van der Waals surface area (Å²) in [5.74, 6) is -0.182. The topological polar surface area (TPSA) is 68.0 Å². The Hall–Kier alpha value is -2.40. The molecule has 0 radical (unpaired) electrons. The number of benzene rings is 1. The molecule has 4 nitrogen and oxygen atoms in total. The first-order valence-electron chi connectivity index (χ1n) is 8.56. The predicted octanol–water partition coefficient (Wildman–Crippen LogP) is 5.09. The molecule has 0 spiro atoms. The number of rotatable bonds is 5. The number of thiophene rings is 1. The van der Waals surface area contributed by atoms with Gasteiger partial charge in [-0.05, 0) is 62.1 Å². The Morgan fingerprint density at radius 3 is 2.72 bits per heavy atom. The Morgan fingerprint density at radius 1 is 1.20 bits per heavy atom. The van der Waals surface area contributed by atoms with Crippen molar-refractivity contribution in [3.8, 4) is 0 Å². The van der Waals surface area contributed by atoms with Crippen LogP contribution < -0.4 is 11.1 Å². The number of anilines is 2. The SMILES string of the molecule is CCCCc1ccc2c(N)c(C(=O)Nc3ccc(C)c(C)c3)sc2n1. The van der Waals surface area contributed by atoms with E-state index in [0.29, 0.717) is 10.6 Å². The fourth-order valence-electron chi connectivity index (χ4n) is 2.71. The number of pyridine rings is 1. The number of nitrogens with two attached hydrogens (primary N) is 1. The maximum atomic E-state index is 12.6. The number of unbranched alkanes of at least 4 members (excludes halogenated alkanes) is 1. The number of amides is 1. The summed E-state index contributed by atoms with van der Waals surface area (Å²) < 4.78 is 0. The Labute approximate surface area is 152 Å². The lowest BCUT2D eigenvalue weighted by Crippen LogP contribution is -2.12. The second-order valence-electron chi connectivity index (χ2n) is 6.36. The smallest absolute Gasteiger partial charge is 0.267 e. The van der Waals surface area contributed by atoms with Gasteiger partial charge in [0.2, 0.25) is 0 Å². The lowest BCUT2D eigenvalue weighted by atomic mass is 10.1. The van der Waals surface area contributed by atoms with Crippen molar-refractivity contribution in [2.75, 3.05) is 11.1 Å². The van der Waals surface area contributed by atoms with Crippen LogP contribution in [-0.2, 0) is 6.42 Å². The summed E-state index contributed by atoms with van der Waals surface area (Å²) in [4.78, 5) is 18.7. The quantitative estimate of drug-likeness (QED) is 0.671. The van der Waals surface area contributed by atoms with Crippen LogP contribution in [0.2, 0.25) is 0 Å². The molecule has 0 atom stereocenters. The lowest BCUT2D eigenvalue weighted by molar-refractivity contribution is 0.103. The number of carbonyl (C=O) groups excluding carboxylic acids is 1. The minimum Gasteiger partial charge on any atom is -0.397 e. The van der Waals surface area contributed by atoms with Crippen LogP contribution in [0, 0.1) is 13.8 Å². The number of hydrogen-bond donors (Lipinski definition) is 2. The second-order valence-corrected chi connectivity index (χ2v) is 7.36. The Morgan fingerprint density at radius 2 is 2.00 bits per heavy atom. The number of aryl methyl sites for hydroxylation is 3. The molecule has 3 aromatic rings. The fraction of sp³-hybridized carbons (Fsp3) is 0.300. The van der Waals surface area contributed by atoms with Gasteiger partial charge in [0.25, 0.3) is 5.91 Å². The molecule has 2 heterocycles. The van der Waals surface area contributed by atoms with Crippen molar-refractivity contribution in [3.63, 3.8) is 0 Å². The van der Waals surface area contributed by atoms with E-state index in [1.165, 1.54) is 16.9 Å². The van der Waals surface area contributed by atoms with Crippen molar-refractivity contribution < 1.29 is 4.79 Å².